The monoisotopic (exact) mass is 257 g/mol. The summed E-state index contributed by atoms with van der Waals surface area (Å²) in [5.74, 6) is -0.553. The van der Waals surface area contributed by atoms with Crippen LogP contribution >= 0.6 is 11.8 Å². The lowest BCUT2D eigenvalue weighted by molar-refractivity contribution is 0.0697. The van der Waals surface area contributed by atoms with Gasteiger partial charge in [0.15, 0.2) is 0 Å². The maximum Gasteiger partial charge on any atom is 0.337 e. The molecule has 0 spiro atoms. The third kappa shape index (κ3) is 4.65. The van der Waals surface area contributed by atoms with Crippen LogP contribution in [0.1, 0.15) is 23.2 Å². The van der Waals surface area contributed by atoms with Crippen LogP contribution in [0.25, 0.3) is 0 Å². The van der Waals surface area contributed by atoms with Crippen LogP contribution in [0.2, 0.25) is 0 Å². The Morgan fingerprint density at radius 1 is 1.47 bits per heavy atom. The highest BCUT2D eigenvalue weighted by atomic mass is 32.2. The lowest BCUT2D eigenvalue weighted by Crippen LogP contribution is -2.08. The molecule has 0 aromatic heterocycles. The average molecular weight is 257 g/mol. The van der Waals surface area contributed by atoms with E-state index in [9.17, 15) is 9.18 Å². The molecule has 2 N–H and O–H groups in total. The van der Waals surface area contributed by atoms with Crippen molar-refractivity contribution in [3.63, 3.8) is 0 Å². The van der Waals surface area contributed by atoms with Crippen LogP contribution in [-0.2, 0) is 0 Å². The van der Waals surface area contributed by atoms with Crippen molar-refractivity contribution in [3.05, 3.63) is 29.6 Å². The SMILES string of the molecule is CSCCCCNc1ccc(F)cc1C(=O)O. The predicted molar refractivity (Wildman–Crippen MR) is 69.5 cm³/mol. The molecular weight excluding hydrogens is 241 g/mol. The zero-order valence-corrected chi connectivity index (χ0v) is 10.5. The van der Waals surface area contributed by atoms with E-state index in [0.717, 1.165) is 24.7 Å². The highest BCUT2D eigenvalue weighted by Crippen LogP contribution is 2.17. The Bertz CT molecular complexity index is 385. The zero-order chi connectivity index (χ0) is 12.7. The second-order valence-electron chi connectivity index (χ2n) is 3.62. The Balaban J connectivity index is 2.55. The van der Waals surface area contributed by atoms with Gasteiger partial charge in [-0.05, 0) is 43.0 Å². The van der Waals surface area contributed by atoms with Crippen molar-refractivity contribution in [2.24, 2.45) is 0 Å². The Morgan fingerprint density at radius 2 is 2.24 bits per heavy atom. The molecule has 0 fully saturated rings. The van der Waals surface area contributed by atoms with Crippen LogP contribution in [0.15, 0.2) is 18.2 Å². The van der Waals surface area contributed by atoms with E-state index in [2.05, 4.69) is 11.6 Å². The van der Waals surface area contributed by atoms with E-state index in [4.69, 9.17) is 5.11 Å². The highest BCUT2D eigenvalue weighted by Gasteiger charge is 2.10. The van der Waals surface area contributed by atoms with Gasteiger partial charge in [0.25, 0.3) is 0 Å². The number of nitrogens with one attached hydrogen (secondary N) is 1. The van der Waals surface area contributed by atoms with E-state index in [1.807, 2.05) is 0 Å². The van der Waals surface area contributed by atoms with Crippen molar-refractivity contribution >= 4 is 23.4 Å². The fraction of sp³-hybridized carbons (Fsp3) is 0.417. The summed E-state index contributed by atoms with van der Waals surface area (Å²) in [6.07, 6.45) is 4.10. The minimum absolute atomic E-state index is 0.0186. The average Bonchev–Trinajstić information content (AvgIpc) is 2.30. The molecule has 17 heavy (non-hydrogen) atoms. The van der Waals surface area contributed by atoms with E-state index in [-0.39, 0.29) is 5.56 Å². The fourth-order valence-electron chi connectivity index (χ4n) is 1.44. The molecule has 1 rings (SSSR count). The maximum absolute atomic E-state index is 12.9. The molecular formula is C12H16FNO2S. The summed E-state index contributed by atoms with van der Waals surface area (Å²) in [6, 6.07) is 3.76. The van der Waals surface area contributed by atoms with Crippen LogP contribution < -0.4 is 5.32 Å². The molecule has 1 aromatic carbocycles. The van der Waals surface area contributed by atoms with Crippen molar-refractivity contribution in [3.8, 4) is 0 Å². The number of anilines is 1. The quantitative estimate of drug-likeness (QED) is 0.737. The first-order chi connectivity index (χ1) is 8.15. The van der Waals surface area contributed by atoms with Gasteiger partial charge in [0, 0.05) is 12.2 Å². The van der Waals surface area contributed by atoms with Gasteiger partial charge in [-0.15, -0.1) is 0 Å². The third-order valence-corrected chi connectivity index (χ3v) is 3.00. The molecule has 1 aromatic rings. The Morgan fingerprint density at radius 3 is 2.88 bits per heavy atom. The van der Waals surface area contributed by atoms with E-state index < -0.39 is 11.8 Å². The molecule has 0 aliphatic carbocycles. The molecule has 5 heteroatoms. The van der Waals surface area contributed by atoms with Crippen molar-refractivity contribution in [2.45, 2.75) is 12.8 Å². The molecule has 0 atom stereocenters. The molecule has 0 saturated heterocycles. The summed E-state index contributed by atoms with van der Waals surface area (Å²) in [5, 5.41) is 11.9. The molecule has 0 heterocycles. The largest absolute Gasteiger partial charge is 0.478 e. The number of halogens is 1. The molecule has 0 amide bonds. The van der Waals surface area contributed by atoms with Crippen molar-refractivity contribution in [1.82, 2.24) is 0 Å². The summed E-state index contributed by atoms with van der Waals surface area (Å²) < 4.78 is 12.9. The maximum atomic E-state index is 12.9. The first kappa shape index (κ1) is 13.8. The summed E-state index contributed by atoms with van der Waals surface area (Å²) in [7, 11) is 0. The molecule has 3 nitrogen and oxygen atoms in total. The number of aromatic carboxylic acids is 1. The van der Waals surface area contributed by atoms with Gasteiger partial charge in [-0.1, -0.05) is 0 Å². The molecule has 0 aliphatic heterocycles. The first-order valence-corrected chi connectivity index (χ1v) is 6.80. The lowest BCUT2D eigenvalue weighted by atomic mass is 10.1. The van der Waals surface area contributed by atoms with E-state index in [0.29, 0.717) is 12.2 Å². The molecule has 0 bridgehead atoms. The van der Waals surface area contributed by atoms with Crippen LogP contribution in [0, 0.1) is 5.82 Å². The molecule has 0 saturated carbocycles. The molecule has 0 aliphatic rings. The summed E-state index contributed by atoms with van der Waals surface area (Å²) in [6.45, 7) is 0.701. The summed E-state index contributed by atoms with van der Waals surface area (Å²) in [5.41, 5.74) is 0.456. The number of thioether (sulfide) groups is 1. The smallest absolute Gasteiger partial charge is 0.337 e. The highest BCUT2D eigenvalue weighted by molar-refractivity contribution is 7.98. The molecule has 94 valence electrons. The molecule has 0 radical (unpaired) electrons. The van der Waals surface area contributed by atoms with Gasteiger partial charge in [0.1, 0.15) is 5.82 Å². The minimum atomic E-state index is -1.11. The van der Waals surface area contributed by atoms with Gasteiger partial charge in [0.05, 0.1) is 5.56 Å². The number of hydrogen-bond acceptors (Lipinski definition) is 3. The first-order valence-electron chi connectivity index (χ1n) is 5.41. The predicted octanol–water partition coefficient (Wildman–Crippen LogP) is 3.08. The number of carboxylic acid groups (broad SMARTS) is 1. The Labute approximate surface area is 104 Å². The Hall–Kier alpha value is -1.23. The van der Waals surface area contributed by atoms with Crippen molar-refractivity contribution in [2.75, 3.05) is 23.9 Å². The van der Waals surface area contributed by atoms with Crippen molar-refractivity contribution in [1.29, 1.82) is 0 Å². The van der Waals surface area contributed by atoms with E-state index >= 15 is 0 Å². The van der Waals surface area contributed by atoms with Crippen LogP contribution in [0.3, 0.4) is 0 Å². The van der Waals surface area contributed by atoms with Crippen LogP contribution in [-0.4, -0.2) is 29.6 Å². The van der Waals surface area contributed by atoms with Gasteiger partial charge in [-0.25, -0.2) is 9.18 Å². The van der Waals surface area contributed by atoms with E-state index in [1.165, 1.54) is 12.1 Å². The van der Waals surface area contributed by atoms with Crippen LogP contribution in [0.5, 0.6) is 0 Å². The topological polar surface area (TPSA) is 49.3 Å². The minimum Gasteiger partial charge on any atom is -0.478 e. The third-order valence-electron chi connectivity index (χ3n) is 2.30. The summed E-state index contributed by atoms with van der Waals surface area (Å²) in [4.78, 5) is 10.9. The second-order valence-corrected chi connectivity index (χ2v) is 4.61. The fourth-order valence-corrected chi connectivity index (χ4v) is 1.93. The number of unbranched alkanes of at least 4 members (excludes halogenated alkanes) is 1. The Kier molecular flexibility index (Phi) is 5.83. The van der Waals surface area contributed by atoms with Crippen molar-refractivity contribution < 1.29 is 14.3 Å². The van der Waals surface area contributed by atoms with Gasteiger partial charge in [-0.2, -0.15) is 11.8 Å². The second kappa shape index (κ2) is 7.17. The normalized spacial score (nSPS) is 10.2. The number of rotatable bonds is 7. The van der Waals surface area contributed by atoms with Gasteiger partial charge >= 0.3 is 5.97 Å². The van der Waals surface area contributed by atoms with Gasteiger partial charge in [-0.3, -0.25) is 0 Å². The summed E-state index contributed by atoms with van der Waals surface area (Å²) >= 11 is 1.79. The lowest BCUT2D eigenvalue weighted by Gasteiger charge is -2.09. The number of benzene rings is 1. The molecule has 0 unspecified atom stereocenters. The number of hydrogen-bond donors (Lipinski definition) is 2. The van der Waals surface area contributed by atoms with Gasteiger partial charge in [0.2, 0.25) is 0 Å². The zero-order valence-electron chi connectivity index (χ0n) is 9.70. The standard InChI is InChI=1S/C12H16FNO2S/c1-17-7-3-2-6-14-11-5-4-9(13)8-10(11)12(15)16/h4-5,8,14H,2-3,6-7H2,1H3,(H,15,16). The number of carbonyl (C=O) groups is 1. The van der Waals surface area contributed by atoms with E-state index in [1.54, 1.807) is 11.8 Å². The van der Waals surface area contributed by atoms with Gasteiger partial charge < -0.3 is 10.4 Å². The van der Waals surface area contributed by atoms with Crippen LogP contribution in [0.4, 0.5) is 10.1 Å². The number of carboxylic acids is 1.